The van der Waals surface area contributed by atoms with E-state index in [0.717, 1.165) is 34.6 Å². The molecule has 5 rings (SSSR count). The fraction of sp³-hybridized carbons (Fsp3) is 0.0667. The van der Waals surface area contributed by atoms with Crippen LogP contribution in [0.25, 0.3) is 17.2 Å². The molecule has 0 fully saturated rings. The molecule has 0 heterocycles. The van der Waals surface area contributed by atoms with Gasteiger partial charge in [0.1, 0.15) is 0 Å². The van der Waals surface area contributed by atoms with Crippen LogP contribution in [-0.2, 0) is 0 Å². The average Bonchev–Trinajstić information content (AvgIpc) is 3.11. The minimum atomic E-state index is -0.212. The standard InChI is InChI=1S/C30H23NO2/c1-2-31(24-11-7-4-8-12-24)25-16-13-21(14-17-25)19-28-29(32)26-18-15-23(20-27(26)30(28)33)22-9-5-3-6-10-22/h3-20H,2H2,1H3. The number of hydrogen-bond donors (Lipinski definition) is 0. The number of anilines is 2. The molecule has 3 heteroatoms. The molecule has 33 heavy (non-hydrogen) atoms. The first-order chi connectivity index (χ1) is 16.2. The highest BCUT2D eigenvalue weighted by atomic mass is 16.2. The summed E-state index contributed by atoms with van der Waals surface area (Å²) in [6.45, 7) is 2.94. The molecule has 1 aliphatic rings. The second-order valence-corrected chi connectivity index (χ2v) is 8.01. The zero-order chi connectivity index (χ0) is 22.8. The highest BCUT2D eigenvalue weighted by molar-refractivity contribution is 6.41. The Balaban J connectivity index is 1.43. The molecule has 0 saturated heterocycles. The zero-order valence-corrected chi connectivity index (χ0v) is 18.4. The van der Waals surface area contributed by atoms with Crippen LogP contribution in [0.2, 0.25) is 0 Å². The third-order valence-electron chi connectivity index (χ3n) is 6.01. The number of para-hydroxylation sites is 1. The van der Waals surface area contributed by atoms with Crippen LogP contribution in [0, 0.1) is 0 Å². The van der Waals surface area contributed by atoms with Gasteiger partial charge in [0.15, 0.2) is 11.6 Å². The van der Waals surface area contributed by atoms with Crippen LogP contribution in [0.1, 0.15) is 33.2 Å². The summed E-state index contributed by atoms with van der Waals surface area (Å²) in [5.74, 6) is -0.422. The van der Waals surface area contributed by atoms with Crippen LogP contribution >= 0.6 is 0 Å². The van der Waals surface area contributed by atoms with Crippen LogP contribution in [0.4, 0.5) is 11.4 Å². The van der Waals surface area contributed by atoms with Crippen LogP contribution in [0.3, 0.4) is 0 Å². The molecular weight excluding hydrogens is 406 g/mol. The molecule has 0 aromatic heterocycles. The first-order valence-corrected chi connectivity index (χ1v) is 11.1. The predicted molar refractivity (Wildman–Crippen MR) is 134 cm³/mol. The number of ketones is 2. The van der Waals surface area contributed by atoms with Crippen molar-refractivity contribution in [2.75, 3.05) is 11.4 Å². The Morgan fingerprint density at radius 1 is 0.636 bits per heavy atom. The van der Waals surface area contributed by atoms with Crippen molar-refractivity contribution in [3.63, 3.8) is 0 Å². The monoisotopic (exact) mass is 429 g/mol. The molecule has 3 nitrogen and oxygen atoms in total. The molecule has 0 spiro atoms. The van der Waals surface area contributed by atoms with Crippen molar-refractivity contribution in [1.29, 1.82) is 0 Å². The summed E-state index contributed by atoms with van der Waals surface area (Å²) >= 11 is 0. The molecule has 4 aromatic rings. The molecule has 0 aliphatic heterocycles. The summed E-state index contributed by atoms with van der Waals surface area (Å²) in [7, 11) is 0. The van der Waals surface area contributed by atoms with Crippen LogP contribution in [-0.4, -0.2) is 18.1 Å². The molecule has 0 radical (unpaired) electrons. The van der Waals surface area contributed by atoms with E-state index in [1.54, 1.807) is 12.1 Å². The maximum Gasteiger partial charge on any atom is 0.197 e. The Morgan fingerprint density at radius 3 is 1.91 bits per heavy atom. The summed E-state index contributed by atoms with van der Waals surface area (Å²) in [6.07, 6.45) is 1.70. The highest BCUT2D eigenvalue weighted by Gasteiger charge is 2.33. The van der Waals surface area contributed by atoms with E-state index in [-0.39, 0.29) is 17.1 Å². The van der Waals surface area contributed by atoms with Gasteiger partial charge in [-0.3, -0.25) is 9.59 Å². The molecule has 0 atom stereocenters. The van der Waals surface area contributed by atoms with Crippen molar-refractivity contribution in [2.24, 2.45) is 0 Å². The van der Waals surface area contributed by atoms with Crippen LogP contribution in [0.5, 0.6) is 0 Å². The minimum absolute atomic E-state index is 0.210. The number of rotatable bonds is 5. The topological polar surface area (TPSA) is 37.4 Å². The van der Waals surface area contributed by atoms with E-state index in [4.69, 9.17) is 0 Å². The second kappa shape index (κ2) is 8.71. The van der Waals surface area contributed by atoms with E-state index in [9.17, 15) is 9.59 Å². The minimum Gasteiger partial charge on any atom is -0.342 e. The van der Waals surface area contributed by atoms with Gasteiger partial charge < -0.3 is 4.90 Å². The number of nitrogens with zero attached hydrogens (tertiary/aromatic N) is 1. The molecule has 1 aliphatic carbocycles. The fourth-order valence-electron chi connectivity index (χ4n) is 4.30. The van der Waals surface area contributed by atoms with Crippen molar-refractivity contribution in [3.05, 3.63) is 125 Å². The van der Waals surface area contributed by atoms with Gasteiger partial charge in [0, 0.05) is 29.0 Å². The van der Waals surface area contributed by atoms with Crippen molar-refractivity contribution in [1.82, 2.24) is 0 Å². The molecule has 4 aromatic carbocycles. The lowest BCUT2D eigenvalue weighted by Gasteiger charge is -2.23. The zero-order valence-electron chi connectivity index (χ0n) is 18.4. The molecule has 0 saturated carbocycles. The summed E-state index contributed by atoms with van der Waals surface area (Å²) in [5.41, 5.74) is 6.14. The average molecular weight is 430 g/mol. The smallest absolute Gasteiger partial charge is 0.197 e. The molecule has 0 N–H and O–H groups in total. The fourth-order valence-corrected chi connectivity index (χ4v) is 4.30. The molecule has 160 valence electrons. The second-order valence-electron chi connectivity index (χ2n) is 8.01. The maximum absolute atomic E-state index is 13.1. The van der Waals surface area contributed by atoms with Gasteiger partial charge in [-0.2, -0.15) is 0 Å². The highest BCUT2D eigenvalue weighted by Crippen LogP contribution is 2.32. The molecule has 0 unspecified atom stereocenters. The van der Waals surface area contributed by atoms with E-state index < -0.39 is 0 Å². The van der Waals surface area contributed by atoms with Gasteiger partial charge in [0.05, 0.1) is 5.57 Å². The lowest BCUT2D eigenvalue weighted by Crippen LogP contribution is -2.15. The normalized spacial score (nSPS) is 13.9. The van der Waals surface area contributed by atoms with Gasteiger partial charge in [-0.25, -0.2) is 0 Å². The van der Waals surface area contributed by atoms with Gasteiger partial charge in [-0.1, -0.05) is 66.7 Å². The lowest BCUT2D eigenvalue weighted by atomic mass is 10.0. The Kier molecular flexibility index (Phi) is 5.45. The molecule has 0 bridgehead atoms. The SMILES string of the molecule is CCN(c1ccccc1)c1ccc(C=C2C(=O)c3ccc(-c4ccccc4)cc3C2=O)cc1. The number of Topliss-reactive ketones (excluding diaryl/α,β-unsaturated/α-hetero) is 2. The lowest BCUT2D eigenvalue weighted by molar-refractivity contribution is 0.0990. The van der Waals surface area contributed by atoms with Crippen molar-refractivity contribution >= 4 is 29.0 Å². The maximum atomic E-state index is 13.1. The molecular formula is C30H23NO2. The largest absolute Gasteiger partial charge is 0.342 e. The first-order valence-electron chi connectivity index (χ1n) is 11.1. The molecule has 0 amide bonds. The van der Waals surface area contributed by atoms with Gasteiger partial charge in [0.2, 0.25) is 0 Å². The van der Waals surface area contributed by atoms with E-state index in [0.29, 0.717) is 11.1 Å². The summed E-state index contributed by atoms with van der Waals surface area (Å²) in [6, 6.07) is 33.5. The number of hydrogen-bond acceptors (Lipinski definition) is 3. The number of allylic oxidation sites excluding steroid dienone is 1. The predicted octanol–water partition coefficient (Wildman–Crippen LogP) is 6.97. The van der Waals surface area contributed by atoms with Crippen molar-refractivity contribution < 1.29 is 9.59 Å². The van der Waals surface area contributed by atoms with Gasteiger partial charge in [-0.05, 0) is 66.1 Å². The van der Waals surface area contributed by atoms with Gasteiger partial charge in [0.25, 0.3) is 0 Å². The van der Waals surface area contributed by atoms with Gasteiger partial charge >= 0.3 is 0 Å². The third kappa shape index (κ3) is 3.90. The van der Waals surface area contributed by atoms with E-state index >= 15 is 0 Å². The number of carbonyl (C=O) groups is 2. The third-order valence-corrected chi connectivity index (χ3v) is 6.01. The van der Waals surface area contributed by atoms with Crippen LogP contribution in [0.15, 0.2) is 109 Å². The van der Waals surface area contributed by atoms with Crippen LogP contribution < -0.4 is 4.90 Å². The Labute approximate surface area is 193 Å². The van der Waals surface area contributed by atoms with E-state index in [2.05, 4.69) is 24.0 Å². The van der Waals surface area contributed by atoms with Gasteiger partial charge in [-0.15, -0.1) is 0 Å². The van der Waals surface area contributed by atoms with Crippen molar-refractivity contribution in [2.45, 2.75) is 6.92 Å². The summed E-state index contributed by atoms with van der Waals surface area (Å²) in [4.78, 5) is 28.3. The summed E-state index contributed by atoms with van der Waals surface area (Å²) in [5, 5.41) is 0. The van der Waals surface area contributed by atoms with E-state index in [1.165, 1.54) is 0 Å². The van der Waals surface area contributed by atoms with E-state index in [1.807, 2.05) is 84.9 Å². The summed E-state index contributed by atoms with van der Waals surface area (Å²) < 4.78 is 0. The Hall–Kier alpha value is -4.24. The Morgan fingerprint density at radius 2 is 1.24 bits per heavy atom. The quantitative estimate of drug-likeness (QED) is 0.254. The number of carbonyl (C=O) groups excluding carboxylic acids is 2. The number of benzene rings is 4. The Bertz CT molecular complexity index is 1350. The van der Waals surface area contributed by atoms with Crippen molar-refractivity contribution in [3.8, 4) is 11.1 Å². The number of fused-ring (bicyclic) bond motifs is 1. The first kappa shape index (κ1) is 20.7.